The first-order valence-corrected chi connectivity index (χ1v) is 8.34. The summed E-state index contributed by atoms with van der Waals surface area (Å²) in [5.41, 5.74) is 0.974. The van der Waals surface area contributed by atoms with Crippen LogP contribution in [0.3, 0.4) is 0 Å². The molecule has 1 unspecified atom stereocenters. The summed E-state index contributed by atoms with van der Waals surface area (Å²) in [4.78, 5) is 16.6. The number of hydrogen-bond acceptors (Lipinski definition) is 5. The van der Waals surface area contributed by atoms with E-state index in [2.05, 4.69) is 17.2 Å². The summed E-state index contributed by atoms with van der Waals surface area (Å²) in [7, 11) is 0. The fourth-order valence-corrected chi connectivity index (χ4v) is 3.36. The van der Waals surface area contributed by atoms with E-state index in [9.17, 15) is 9.90 Å². The third kappa shape index (κ3) is 3.13. The van der Waals surface area contributed by atoms with Crippen molar-refractivity contribution in [1.29, 1.82) is 0 Å². The molecule has 106 valence electrons. The maximum atomic E-state index is 11.5. The molecule has 1 aromatic heterocycles. The van der Waals surface area contributed by atoms with Gasteiger partial charge in [-0.1, -0.05) is 13.0 Å². The summed E-state index contributed by atoms with van der Waals surface area (Å²) in [6, 6.07) is 5.53. The summed E-state index contributed by atoms with van der Waals surface area (Å²) in [5.74, 6) is -0.911. The van der Waals surface area contributed by atoms with E-state index in [1.807, 2.05) is 23.8 Å². The van der Waals surface area contributed by atoms with Crippen molar-refractivity contribution in [2.45, 2.75) is 24.3 Å². The molecular formula is C14H16N2O2S2. The number of carboxylic acid groups (broad SMARTS) is 1. The number of thiazole rings is 1. The van der Waals surface area contributed by atoms with Crippen LogP contribution in [0.2, 0.25) is 0 Å². The molecule has 0 radical (unpaired) electrons. The Labute approximate surface area is 126 Å². The number of aromatic nitrogens is 1. The van der Waals surface area contributed by atoms with Crippen molar-refractivity contribution in [3.05, 3.63) is 40.3 Å². The van der Waals surface area contributed by atoms with Crippen molar-refractivity contribution in [1.82, 2.24) is 4.98 Å². The first-order chi connectivity index (χ1) is 9.67. The number of hydrogen-bond donors (Lipinski definition) is 2. The van der Waals surface area contributed by atoms with E-state index in [0.29, 0.717) is 11.3 Å². The van der Waals surface area contributed by atoms with E-state index < -0.39 is 5.97 Å². The molecule has 4 nitrogen and oxygen atoms in total. The molecule has 0 spiro atoms. The minimum atomic E-state index is -0.911. The lowest BCUT2D eigenvalue weighted by atomic mass is 10.1. The molecule has 1 heterocycles. The van der Waals surface area contributed by atoms with Crippen LogP contribution in [-0.2, 0) is 0 Å². The molecular weight excluding hydrogens is 292 g/mol. The van der Waals surface area contributed by atoms with Crippen LogP contribution in [0.5, 0.6) is 0 Å². The molecule has 0 aliphatic carbocycles. The Bertz CT molecular complexity index is 585. The molecule has 0 fully saturated rings. The summed E-state index contributed by atoms with van der Waals surface area (Å²) in [6.07, 6.45) is 4.49. The average Bonchev–Trinajstić information content (AvgIpc) is 2.97. The van der Waals surface area contributed by atoms with Crippen molar-refractivity contribution >= 4 is 34.8 Å². The molecule has 0 amide bonds. The predicted octanol–water partition coefficient (Wildman–Crippen LogP) is 4.13. The van der Waals surface area contributed by atoms with E-state index in [1.165, 1.54) is 11.8 Å². The van der Waals surface area contributed by atoms with Crippen molar-refractivity contribution in [3.63, 3.8) is 0 Å². The number of thioether (sulfide) groups is 1. The van der Waals surface area contributed by atoms with Crippen LogP contribution >= 0.6 is 23.1 Å². The third-order valence-electron chi connectivity index (χ3n) is 2.95. The van der Waals surface area contributed by atoms with Gasteiger partial charge in [0.25, 0.3) is 0 Å². The van der Waals surface area contributed by atoms with Crippen molar-refractivity contribution in [3.8, 4) is 0 Å². The van der Waals surface area contributed by atoms with Crippen LogP contribution in [0, 0.1) is 0 Å². The van der Waals surface area contributed by atoms with Gasteiger partial charge in [-0.3, -0.25) is 0 Å². The van der Waals surface area contributed by atoms with Gasteiger partial charge in [-0.25, -0.2) is 9.78 Å². The topological polar surface area (TPSA) is 62.2 Å². The maximum absolute atomic E-state index is 11.5. The molecule has 6 heteroatoms. The van der Waals surface area contributed by atoms with Gasteiger partial charge < -0.3 is 10.4 Å². The first-order valence-electron chi connectivity index (χ1n) is 6.23. The van der Waals surface area contributed by atoms with Crippen LogP contribution in [0.25, 0.3) is 0 Å². The van der Waals surface area contributed by atoms with Gasteiger partial charge in [0.05, 0.1) is 17.3 Å². The Morgan fingerprint density at radius 2 is 2.35 bits per heavy atom. The third-order valence-corrected chi connectivity index (χ3v) is 4.62. The smallest absolute Gasteiger partial charge is 0.338 e. The predicted molar refractivity (Wildman–Crippen MR) is 84.0 cm³/mol. The van der Waals surface area contributed by atoms with Crippen molar-refractivity contribution < 1.29 is 9.90 Å². The number of anilines is 1. The standard InChI is InChI=1S/C14H16N2O2S2/c1-3-9(13-15-7-8-20-13)16-10-5-4-6-11(19-2)12(10)14(17)18/h4-9,16H,3H2,1-2H3,(H,17,18). The number of benzene rings is 1. The summed E-state index contributed by atoms with van der Waals surface area (Å²) < 4.78 is 0. The quantitative estimate of drug-likeness (QED) is 0.786. The maximum Gasteiger partial charge on any atom is 0.338 e. The highest BCUT2D eigenvalue weighted by atomic mass is 32.2. The normalized spacial score (nSPS) is 12.1. The van der Waals surface area contributed by atoms with Crippen LogP contribution < -0.4 is 5.32 Å². The lowest BCUT2D eigenvalue weighted by Crippen LogP contribution is -2.13. The first kappa shape index (κ1) is 14.9. The van der Waals surface area contributed by atoms with Gasteiger partial charge in [-0.2, -0.15) is 0 Å². The van der Waals surface area contributed by atoms with Crippen molar-refractivity contribution in [2.24, 2.45) is 0 Å². The average molecular weight is 308 g/mol. The molecule has 0 saturated heterocycles. The second-order valence-corrected chi connectivity index (χ2v) is 5.94. The van der Waals surface area contributed by atoms with Crippen LogP contribution in [0.4, 0.5) is 5.69 Å². The fraction of sp³-hybridized carbons (Fsp3) is 0.286. The molecule has 1 aromatic carbocycles. The van der Waals surface area contributed by atoms with Crippen molar-refractivity contribution in [2.75, 3.05) is 11.6 Å². The molecule has 0 aliphatic rings. The van der Waals surface area contributed by atoms with E-state index >= 15 is 0 Å². The molecule has 1 atom stereocenters. The van der Waals surface area contributed by atoms with E-state index in [0.717, 1.165) is 16.3 Å². The number of aromatic carboxylic acids is 1. The zero-order valence-electron chi connectivity index (χ0n) is 11.3. The van der Waals surface area contributed by atoms with E-state index in [4.69, 9.17) is 0 Å². The number of carbonyl (C=O) groups is 1. The molecule has 0 bridgehead atoms. The summed E-state index contributed by atoms with van der Waals surface area (Å²) in [5, 5.41) is 15.6. The fourth-order valence-electron chi connectivity index (χ4n) is 1.97. The van der Waals surface area contributed by atoms with Crippen LogP contribution in [-0.4, -0.2) is 22.3 Å². The van der Waals surface area contributed by atoms with E-state index in [-0.39, 0.29) is 6.04 Å². The minimum Gasteiger partial charge on any atom is -0.478 e. The molecule has 2 aromatic rings. The Kier molecular flexibility index (Phi) is 5.03. The Morgan fingerprint density at radius 3 is 2.90 bits per heavy atom. The highest BCUT2D eigenvalue weighted by Crippen LogP contribution is 2.31. The summed E-state index contributed by atoms with van der Waals surface area (Å²) >= 11 is 3.01. The zero-order chi connectivity index (χ0) is 14.5. The number of rotatable bonds is 6. The number of nitrogens with one attached hydrogen (secondary N) is 1. The Balaban J connectivity index is 2.35. The second kappa shape index (κ2) is 6.76. The number of carboxylic acids is 1. The highest BCUT2D eigenvalue weighted by molar-refractivity contribution is 7.98. The largest absolute Gasteiger partial charge is 0.478 e. The lowest BCUT2D eigenvalue weighted by Gasteiger charge is -2.18. The Hall–Kier alpha value is -1.53. The zero-order valence-corrected chi connectivity index (χ0v) is 12.9. The van der Waals surface area contributed by atoms with Crippen LogP contribution in [0.15, 0.2) is 34.7 Å². The van der Waals surface area contributed by atoms with Gasteiger partial charge >= 0.3 is 5.97 Å². The second-order valence-electron chi connectivity index (χ2n) is 4.16. The minimum absolute atomic E-state index is 0.0326. The highest BCUT2D eigenvalue weighted by Gasteiger charge is 2.19. The van der Waals surface area contributed by atoms with Crippen LogP contribution in [0.1, 0.15) is 34.8 Å². The van der Waals surface area contributed by atoms with E-state index in [1.54, 1.807) is 23.6 Å². The van der Waals surface area contributed by atoms with Gasteiger partial charge in [0.15, 0.2) is 0 Å². The monoisotopic (exact) mass is 308 g/mol. The van der Waals surface area contributed by atoms with Gasteiger partial charge in [-0.15, -0.1) is 23.1 Å². The molecule has 2 N–H and O–H groups in total. The lowest BCUT2D eigenvalue weighted by molar-refractivity contribution is 0.0694. The molecule has 0 saturated carbocycles. The Morgan fingerprint density at radius 1 is 1.55 bits per heavy atom. The number of nitrogens with zero attached hydrogens (tertiary/aromatic N) is 1. The van der Waals surface area contributed by atoms with Gasteiger partial charge in [0.2, 0.25) is 0 Å². The molecule has 2 rings (SSSR count). The molecule has 0 aliphatic heterocycles. The summed E-state index contributed by atoms with van der Waals surface area (Å²) in [6.45, 7) is 2.05. The van der Waals surface area contributed by atoms with Gasteiger partial charge in [0, 0.05) is 16.5 Å². The SMILES string of the molecule is CCC(Nc1cccc(SC)c1C(=O)O)c1nccs1. The van der Waals surface area contributed by atoms with Gasteiger partial charge in [0.1, 0.15) is 5.01 Å². The molecule has 20 heavy (non-hydrogen) atoms. The van der Waals surface area contributed by atoms with Gasteiger partial charge in [-0.05, 0) is 24.8 Å².